The lowest BCUT2D eigenvalue weighted by Gasteiger charge is -2.47. The monoisotopic (exact) mass is 468 g/mol. The Morgan fingerprint density at radius 3 is 2.71 bits per heavy atom. The number of halogens is 2. The summed E-state index contributed by atoms with van der Waals surface area (Å²) in [5.74, 6) is 1.29. The van der Waals surface area contributed by atoms with Crippen molar-refractivity contribution in [2.24, 2.45) is 17.8 Å². The molecule has 4 rings (SSSR count). The summed E-state index contributed by atoms with van der Waals surface area (Å²) in [5, 5.41) is 11.1. The van der Waals surface area contributed by atoms with Crippen molar-refractivity contribution in [1.82, 2.24) is 10.6 Å². The SMILES string of the molecule is C[CH-]C(NC(=O)C1CC2C(CC)CCC1(CC)NC2Br)Nc1ccc(Cl)cc1. The van der Waals surface area contributed by atoms with Crippen LogP contribution in [0.5, 0.6) is 0 Å². The molecule has 156 valence electrons. The second-order valence-electron chi connectivity index (χ2n) is 8.19. The van der Waals surface area contributed by atoms with E-state index in [0.29, 0.717) is 21.8 Å². The molecule has 2 saturated heterocycles. The van der Waals surface area contributed by atoms with Gasteiger partial charge in [0.25, 0.3) is 0 Å². The number of anilines is 1. The molecule has 0 spiro atoms. The zero-order chi connectivity index (χ0) is 20.3. The maximum atomic E-state index is 13.4. The Kier molecular flexibility index (Phi) is 7.32. The number of carbonyl (C=O) groups excluding carboxylic acids is 1. The van der Waals surface area contributed by atoms with E-state index < -0.39 is 0 Å². The summed E-state index contributed by atoms with van der Waals surface area (Å²) in [6.45, 7) is 6.44. The molecule has 6 heteroatoms. The van der Waals surface area contributed by atoms with Crippen LogP contribution in [0.15, 0.2) is 24.3 Å². The second-order valence-corrected chi connectivity index (χ2v) is 9.61. The average Bonchev–Trinajstić information content (AvgIpc) is 2.94. The van der Waals surface area contributed by atoms with E-state index in [-0.39, 0.29) is 23.5 Å². The molecule has 3 fully saturated rings. The number of benzene rings is 1. The van der Waals surface area contributed by atoms with Gasteiger partial charge in [-0.15, -0.1) is 0 Å². The number of fused-ring (bicyclic) bond motifs is 4. The fourth-order valence-corrected chi connectivity index (χ4v) is 6.24. The summed E-state index contributed by atoms with van der Waals surface area (Å²) in [4.78, 5) is 13.7. The van der Waals surface area contributed by atoms with Gasteiger partial charge in [-0.1, -0.05) is 47.8 Å². The van der Waals surface area contributed by atoms with E-state index in [2.05, 4.69) is 45.7 Å². The molecule has 1 aromatic rings. The molecule has 1 saturated carbocycles. The fourth-order valence-electron chi connectivity index (χ4n) is 5.01. The zero-order valence-electron chi connectivity index (χ0n) is 17.0. The van der Waals surface area contributed by atoms with Crippen molar-refractivity contribution in [2.45, 2.75) is 69.5 Å². The molecular formula is C22H32BrClN3O-. The van der Waals surface area contributed by atoms with E-state index in [1.165, 1.54) is 12.8 Å². The molecule has 3 N–H and O–H groups in total. The highest BCUT2D eigenvalue weighted by Gasteiger charge is 2.52. The summed E-state index contributed by atoms with van der Waals surface area (Å²) in [6.07, 6.45) is 7.09. The first kappa shape index (κ1) is 21.9. The van der Waals surface area contributed by atoms with Crippen LogP contribution in [0.4, 0.5) is 5.69 Å². The largest absolute Gasteiger partial charge is 0.393 e. The minimum atomic E-state index is -0.217. The Morgan fingerprint density at radius 1 is 1.39 bits per heavy atom. The number of nitrogens with one attached hydrogen (secondary N) is 3. The Balaban J connectivity index is 1.73. The minimum absolute atomic E-state index is 0.0117. The van der Waals surface area contributed by atoms with Crippen LogP contribution in [-0.4, -0.2) is 22.6 Å². The van der Waals surface area contributed by atoms with Crippen LogP contribution >= 0.6 is 27.5 Å². The summed E-state index contributed by atoms with van der Waals surface area (Å²) in [5.41, 5.74) is 0.808. The average molecular weight is 470 g/mol. The molecule has 1 aliphatic carbocycles. The molecule has 6 atom stereocenters. The second kappa shape index (κ2) is 9.36. The number of hydrogen-bond donors (Lipinski definition) is 3. The van der Waals surface area contributed by atoms with E-state index in [4.69, 9.17) is 11.6 Å². The normalized spacial score (nSPS) is 33.2. The number of alkyl halides is 1. The summed E-state index contributed by atoms with van der Waals surface area (Å²) >= 11 is 9.84. The van der Waals surface area contributed by atoms with Gasteiger partial charge in [0, 0.05) is 16.2 Å². The van der Waals surface area contributed by atoms with Gasteiger partial charge in [0.2, 0.25) is 5.91 Å². The number of rotatable bonds is 7. The van der Waals surface area contributed by atoms with Crippen LogP contribution in [0.3, 0.4) is 0 Å². The number of piperidine rings is 1. The molecule has 4 nitrogen and oxygen atoms in total. The molecule has 0 radical (unpaired) electrons. The van der Waals surface area contributed by atoms with Crippen molar-refractivity contribution in [3.63, 3.8) is 0 Å². The van der Waals surface area contributed by atoms with Crippen LogP contribution < -0.4 is 16.0 Å². The van der Waals surface area contributed by atoms with Crippen LogP contribution in [0.1, 0.15) is 52.9 Å². The van der Waals surface area contributed by atoms with Crippen molar-refractivity contribution in [1.29, 1.82) is 0 Å². The van der Waals surface area contributed by atoms with Gasteiger partial charge in [-0.05, 0) is 68.0 Å². The quantitative estimate of drug-likeness (QED) is 0.219. The molecule has 2 heterocycles. The van der Waals surface area contributed by atoms with Gasteiger partial charge >= 0.3 is 0 Å². The Bertz CT molecular complexity index is 670. The smallest absolute Gasteiger partial charge is 0.224 e. The summed E-state index contributed by atoms with van der Waals surface area (Å²) in [6, 6.07) is 7.55. The lowest BCUT2D eigenvalue weighted by molar-refractivity contribution is -0.130. The summed E-state index contributed by atoms with van der Waals surface area (Å²) in [7, 11) is 0. The van der Waals surface area contributed by atoms with Crippen LogP contribution in [0, 0.1) is 24.2 Å². The van der Waals surface area contributed by atoms with Crippen LogP contribution in [0.25, 0.3) is 0 Å². The molecule has 1 aromatic carbocycles. The number of hydrogen-bond acceptors (Lipinski definition) is 3. The highest BCUT2D eigenvalue weighted by atomic mass is 79.9. The Hall–Kier alpha value is -0.780. The third kappa shape index (κ3) is 4.52. The maximum absolute atomic E-state index is 13.4. The Morgan fingerprint density at radius 2 is 2.11 bits per heavy atom. The Labute approximate surface area is 182 Å². The predicted octanol–water partition coefficient (Wildman–Crippen LogP) is 5.33. The topological polar surface area (TPSA) is 53.2 Å². The van der Waals surface area contributed by atoms with Gasteiger partial charge in [0.1, 0.15) is 0 Å². The van der Waals surface area contributed by atoms with Crippen LogP contribution in [-0.2, 0) is 4.79 Å². The van der Waals surface area contributed by atoms with Crippen LogP contribution in [0.2, 0.25) is 5.02 Å². The lowest BCUT2D eigenvalue weighted by Crippen LogP contribution is -2.63. The van der Waals surface area contributed by atoms with Crippen molar-refractivity contribution < 1.29 is 4.79 Å². The molecule has 6 unspecified atom stereocenters. The zero-order valence-corrected chi connectivity index (χ0v) is 19.3. The van der Waals surface area contributed by atoms with Gasteiger partial charge in [-0.25, -0.2) is 0 Å². The minimum Gasteiger partial charge on any atom is -0.393 e. The molecule has 2 aliphatic heterocycles. The fraction of sp³-hybridized carbons (Fsp3) is 0.636. The van der Waals surface area contributed by atoms with E-state index in [9.17, 15) is 4.79 Å². The first-order valence-corrected chi connectivity index (χ1v) is 11.8. The highest BCUT2D eigenvalue weighted by molar-refractivity contribution is 9.09. The van der Waals surface area contributed by atoms with Gasteiger partial charge in [-0.2, -0.15) is 6.92 Å². The lowest BCUT2D eigenvalue weighted by atomic mass is 9.72. The molecule has 2 bridgehead atoms. The molecule has 0 aromatic heterocycles. The number of amides is 1. The first-order chi connectivity index (χ1) is 13.4. The first-order valence-electron chi connectivity index (χ1n) is 10.5. The maximum Gasteiger partial charge on any atom is 0.224 e. The van der Waals surface area contributed by atoms with E-state index in [1.54, 1.807) is 0 Å². The van der Waals surface area contributed by atoms with E-state index in [0.717, 1.165) is 24.9 Å². The molecule has 28 heavy (non-hydrogen) atoms. The van der Waals surface area contributed by atoms with Gasteiger partial charge in [0.15, 0.2) is 0 Å². The summed E-state index contributed by atoms with van der Waals surface area (Å²) < 4.78 is 0. The molecule has 1 amide bonds. The van der Waals surface area contributed by atoms with Gasteiger partial charge in [-0.3, -0.25) is 16.5 Å². The van der Waals surface area contributed by atoms with E-state index >= 15 is 0 Å². The standard InChI is InChI=1S/C22H32BrClN3O/c1-4-14-11-12-22(6-3)18(13-17(14)20(23)27-22)21(28)26-19(5-2)25-16-9-7-15(24)8-10-16/h5,7-10,14,17-20,25,27H,4,6,11-13H2,1-3H3,(H,26,28)/q-1. The van der Waals surface area contributed by atoms with E-state index in [1.807, 2.05) is 37.6 Å². The molecular weight excluding hydrogens is 438 g/mol. The van der Waals surface area contributed by atoms with Gasteiger partial charge < -0.3 is 10.6 Å². The van der Waals surface area contributed by atoms with Gasteiger partial charge in [0.05, 0.1) is 10.9 Å². The number of carbonyl (C=O) groups is 1. The van der Waals surface area contributed by atoms with Crippen molar-refractivity contribution in [3.05, 3.63) is 35.7 Å². The third-order valence-electron chi connectivity index (χ3n) is 6.81. The highest BCUT2D eigenvalue weighted by Crippen LogP contribution is 2.48. The van der Waals surface area contributed by atoms with Crippen molar-refractivity contribution in [3.8, 4) is 0 Å². The van der Waals surface area contributed by atoms with Crippen molar-refractivity contribution >= 4 is 39.1 Å². The predicted molar refractivity (Wildman–Crippen MR) is 120 cm³/mol. The third-order valence-corrected chi connectivity index (χ3v) is 7.97. The van der Waals surface area contributed by atoms with Crippen molar-refractivity contribution in [2.75, 3.05) is 5.32 Å². The molecule has 3 aliphatic rings.